The largest absolute Gasteiger partial charge is 0.457 e. The van der Waals surface area contributed by atoms with E-state index in [0.29, 0.717) is 17.0 Å². The molecule has 28 heavy (non-hydrogen) atoms. The van der Waals surface area contributed by atoms with Crippen molar-refractivity contribution in [3.63, 3.8) is 0 Å². The van der Waals surface area contributed by atoms with E-state index < -0.39 is 0 Å². The zero-order valence-corrected chi connectivity index (χ0v) is 17.0. The van der Waals surface area contributed by atoms with Gasteiger partial charge in [-0.15, -0.1) is 0 Å². The number of halogens is 1. The minimum Gasteiger partial charge on any atom is -0.457 e. The van der Waals surface area contributed by atoms with Crippen LogP contribution in [-0.2, 0) is 4.74 Å². The molecule has 1 N–H and O–H groups in total. The number of hydrogen-bond acceptors (Lipinski definition) is 3. The lowest BCUT2D eigenvalue weighted by Crippen LogP contribution is -2.46. The van der Waals surface area contributed by atoms with E-state index in [4.69, 9.17) is 21.1 Å². The van der Waals surface area contributed by atoms with Crippen molar-refractivity contribution in [3.05, 3.63) is 53.1 Å². The second kappa shape index (κ2) is 7.96. The van der Waals surface area contributed by atoms with Gasteiger partial charge in [-0.2, -0.15) is 0 Å². The zero-order valence-electron chi connectivity index (χ0n) is 16.2. The molecule has 0 aromatic heterocycles. The van der Waals surface area contributed by atoms with E-state index in [1.807, 2.05) is 30.3 Å². The fraction of sp³-hybridized carbons (Fsp3) is 0.500. The summed E-state index contributed by atoms with van der Waals surface area (Å²) in [5.74, 6) is 2.94. The maximum Gasteiger partial charge on any atom is 0.128 e. The van der Waals surface area contributed by atoms with Crippen molar-refractivity contribution in [2.75, 3.05) is 11.9 Å². The first kappa shape index (κ1) is 18.3. The number of rotatable bonds is 3. The summed E-state index contributed by atoms with van der Waals surface area (Å²) in [6.07, 6.45) is 9.45. The summed E-state index contributed by atoms with van der Waals surface area (Å²) < 4.78 is 12.4. The Morgan fingerprint density at radius 2 is 1.79 bits per heavy atom. The smallest absolute Gasteiger partial charge is 0.128 e. The van der Waals surface area contributed by atoms with Crippen LogP contribution in [0, 0.1) is 11.8 Å². The summed E-state index contributed by atoms with van der Waals surface area (Å²) in [6, 6.07) is 14.5. The Balaban J connectivity index is 1.43. The van der Waals surface area contributed by atoms with Crippen molar-refractivity contribution in [1.82, 2.24) is 0 Å². The number of hydrogen-bond donors (Lipinski definition) is 1. The summed E-state index contributed by atoms with van der Waals surface area (Å²) >= 11 is 6.10. The molecule has 5 rings (SSSR count). The predicted molar refractivity (Wildman–Crippen MR) is 113 cm³/mol. The van der Waals surface area contributed by atoms with Crippen LogP contribution in [0.3, 0.4) is 0 Å². The third-order valence-corrected chi connectivity index (χ3v) is 6.91. The first-order chi connectivity index (χ1) is 13.8. The topological polar surface area (TPSA) is 30.5 Å². The Hall–Kier alpha value is -1.71. The van der Waals surface area contributed by atoms with E-state index in [0.717, 1.165) is 24.0 Å². The van der Waals surface area contributed by atoms with Gasteiger partial charge in [0.15, 0.2) is 0 Å². The maximum absolute atomic E-state index is 6.34. The van der Waals surface area contributed by atoms with Gasteiger partial charge in [-0.05, 0) is 68.0 Å². The van der Waals surface area contributed by atoms with Gasteiger partial charge in [-0.25, -0.2) is 0 Å². The Bertz CT molecular complexity index is 833. The summed E-state index contributed by atoms with van der Waals surface area (Å²) in [6.45, 7) is 0.859. The molecule has 1 aliphatic carbocycles. The Morgan fingerprint density at radius 1 is 0.929 bits per heavy atom. The van der Waals surface area contributed by atoms with E-state index in [1.54, 1.807) is 0 Å². The Morgan fingerprint density at radius 3 is 2.64 bits per heavy atom. The van der Waals surface area contributed by atoms with Crippen LogP contribution in [0.25, 0.3) is 0 Å². The molecule has 4 heteroatoms. The van der Waals surface area contributed by atoms with Gasteiger partial charge in [0.2, 0.25) is 0 Å². The molecule has 3 nitrogen and oxygen atoms in total. The number of fused-ring (bicyclic) bond motifs is 3. The molecule has 0 bridgehead atoms. The van der Waals surface area contributed by atoms with Crippen molar-refractivity contribution in [2.45, 2.75) is 57.1 Å². The predicted octanol–water partition coefficient (Wildman–Crippen LogP) is 6.97. The van der Waals surface area contributed by atoms with Crippen LogP contribution in [0.2, 0.25) is 5.02 Å². The third-order valence-electron chi connectivity index (χ3n) is 6.67. The van der Waals surface area contributed by atoms with Gasteiger partial charge in [0.1, 0.15) is 11.5 Å². The molecule has 3 aliphatic rings. The average molecular weight is 398 g/mol. The molecule has 3 unspecified atom stereocenters. The lowest BCUT2D eigenvalue weighted by Gasteiger charge is -2.47. The van der Waals surface area contributed by atoms with Crippen LogP contribution < -0.4 is 10.1 Å². The number of anilines is 1. The molecular weight excluding hydrogens is 370 g/mol. The van der Waals surface area contributed by atoms with E-state index in [-0.39, 0.29) is 6.10 Å². The standard InChI is InChI=1S/C24H28ClNO2/c25-17-8-4-9-18(14-17)28-19-11-12-22-21(15-19)24-20(10-5-13-27-24)23(26-22)16-6-2-1-3-7-16/h4,8-9,11-12,14-16,20,23-24,26H,1-3,5-7,10,13H2. The van der Waals surface area contributed by atoms with Crippen molar-refractivity contribution in [3.8, 4) is 11.5 Å². The van der Waals surface area contributed by atoms with Crippen LogP contribution in [0.4, 0.5) is 5.69 Å². The quantitative estimate of drug-likeness (QED) is 0.606. The molecule has 0 amide bonds. The van der Waals surface area contributed by atoms with E-state index in [9.17, 15) is 0 Å². The van der Waals surface area contributed by atoms with Crippen molar-refractivity contribution in [2.24, 2.45) is 11.8 Å². The summed E-state index contributed by atoms with van der Waals surface area (Å²) in [7, 11) is 0. The van der Waals surface area contributed by atoms with Gasteiger partial charge in [0.05, 0.1) is 6.10 Å². The van der Waals surface area contributed by atoms with E-state index >= 15 is 0 Å². The summed E-state index contributed by atoms with van der Waals surface area (Å²) in [4.78, 5) is 0. The molecule has 2 aromatic rings. The highest BCUT2D eigenvalue weighted by molar-refractivity contribution is 6.30. The van der Waals surface area contributed by atoms with Crippen LogP contribution in [0.1, 0.15) is 56.6 Å². The van der Waals surface area contributed by atoms with E-state index in [2.05, 4.69) is 17.4 Å². The SMILES string of the molecule is Clc1cccc(Oc2ccc3c(c2)C2OCCCC2C(C2CCCCC2)N3)c1. The molecule has 148 valence electrons. The fourth-order valence-corrected chi connectivity index (χ4v) is 5.56. The Kier molecular flexibility index (Phi) is 5.21. The molecule has 0 radical (unpaired) electrons. The summed E-state index contributed by atoms with van der Waals surface area (Å²) in [5, 5.41) is 4.59. The maximum atomic E-state index is 6.34. The fourth-order valence-electron chi connectivity index (χ4n) is 5.38. The number of ether oxygens (including phenoxy) is 2. The molecule has 0 spiro atoms. The Labute approximate surface area is 172 Å². The first-order valence-corrected chi connectivity index (χ1v) is 11.1. The molecule has 3 atom stereocenters. The van der Waals surface area contributed by atoms with Gasteiger partial charge in [-0.1, -0.05) is 36.9 Å². The normalized spacial score (nSPS) is 27.4. The van der Waals surface area contributed by atoms with Crippen molar-refractivity contribution in [1.29, 1.82) is 0 Å². The highest BCUT2D eigenvalue weighted by Gasteiger charge is 2.42. The summed E-state index contributed by atoms with van der Waals surface area (Å²) in [5.41, 5.74) is 2.47. The highest BCUT2D eigenvalue weighted by atomic mass is 35.5. The third kappa shape index (κ3) is 3.62. The minimum absolute atomic E-state index is 0.180. The van der Waals surface area contributed by atoms with Gasteiger partial charge < -0.3 is 14.8 Å². The lowest BCUT2D eigenvalue weighted by atomic mass is 9.71. The van der Waals surface area contributed by atoms with Gasteiger partial charge in [0, 0.05) is 34.8 Å². The number of nitrogens with one attached hydrogen (secondary N) is 1. The molecule has 2 heterocycles. The van der Waals surface area contributed by atoms with E-state index in [1.165, 1.54) is 56.2 Å². The van der Waals surface area contributed by atoms with Gasteiger partial charge in [-0.3, -0.25) is 0 Å². The molecule has 2 fully saturated rings. The second-order valence-electron chi connectivity index (χ2n) is 8.47. The monoisotopic (exact) mass is 397 g/mol. The molecule has 2 aliphatic heterocycles. The first-order valence-electron chi connectivity index (χ1n) is 10.7. The van der Waals surface area contributed by atoms with Gasteiger partial charge in [0.25, 0.3) is 0 Å². The molecule has 2 aromatic carbocycles. The van der Waals surface area contributed by atoms with Crippen LogP contribution >= 0.6 is 11.6 Å². The molecular formula is C24H28ClNO2. The van der Waals surface area contributed by atoms with Gasteiger partial charge >= 0.3 is 0 Å². The molecule has 1 saturated heterocycles. The minimum atomic E-state index is 0.180. The highest BCUT2D eigenvalue weighted by Crippen LogP contribution is 2.48. The van der Waals surface area contributed by atoms with Crippen LogP contribution in [0.5, 0.6) is 11.5 Å². The number of benzene rings is 2. The van der Waals surface area contributed by atoms with Crippen molar-refractivity contribution < 1.29 is 9.47 Å². The van der Waals surface area contributed by atoms with Crippen LogP contribution in [-0.4, -0.2) is 12.6 Å². The second-order valence-corrected chi connectivity index (χ2v) is 8.91. The molecule has 1 saturated carbocycles. The zero-order chi connectivity index (χ0) is 18.9. The van der Waals surface area contributed by atoms with Crippen LogP contribution in [0.15, 0.2) is 42.5 Å². The van der Waals surface area contributed by atoms with Crippen molar-refractivity contribution >= 4 is 17.3 Å². The average Bonchev–Trinajstić information content (AvgIpc) is 2.74. The lowest BCUT2D eigenvalue weighted by molar-refractivity contribution is -0.0458.